The van der Waals surface area contributed by atoms with E-state index >= 15 is 0 Å². The van der Waals surface area contributed by atoms with Crippen molar-refractivity contribution in [1.29, 1.82) is 0 Å². The molecule has 0 fully saturated rings. The molecule has 2 N–H and O–H groups in total. The summed E-state index contributed by atoms with van der Waals surface area (Å²) in [6, 6.07) is 9.83. The lowest BCUT2D eigenvalue weighted by Crippen LogP contribution is -1.95. The molecule has 0 aliphatic carbocycles. The van der Waals surface area contributed by atoms with Crippen LogP contribution >= 0.6 is 0 Å². The number of hydrogen-bond acceptors (Lipinski definition) is 2. The minimum absolute atomic E-state index is 0.176. The minimum Gasteiger partial charge on any atom is -0.508 e. The average molecular weight is 270 g/mol. The molecule has 2 heteroatoms. The predicted molar refractivity (Wildman–Crippen MR) is 83.3 cm³/mol. The summed E-state index contributed by atoms with van der Waals surface area (Å²) in [4.78, 5) is 0. The molecule has 0 heterocycles. The number of benzene rings is 2. The van der Waals surface area contributed by atoms with Crippen molar-refractivity contribution >= 4 is 0 Å². The van der Waals surface area contributed by atoms with E-state index in [2.05, 4.69) is 32.0 Å². The van der Waals surface area contributed by atoms with Crippen molar-refractivity contribution in [1.82, 2.24) is 0 Å². The highest BCUT2D eigenvalue weighted by Crippen LogP contribution is 2.37. The van der Waals surface area contributed by atoms with Gasteiger partial charge in [-0.05, 0) is 53.6 Å². The molecule has 0 saturated carbocycles. The second kappa shape index (κ2) is 6.00. The van der Waals surface area contributed by atoms with E-state index in [0.717, 1.165) is 24.0 Å². The van der Waals surface area contributed by atoms with E-state index in [0.29, 0.717) is 12.0 Å². The maximum absolute atomic E-state index is 10.1. The normalized spacial score (nSPS) is 10.8. The Bertz CT molecular complexity index is 570. The molecule has 0 radical (unpaired) electrons. The van der Waals surface area contributed by atoms with E-state index < -0.39 is 0 Å². The molecule has 2 aromatic carbocycles. The zero-order valence-corrected chi connectivity index (χ0v) is 12.4. The van der Waals surface area contributed by atoms with Crippen LogP contribution in [0.2, 0.25) is 0 Å². The Morgan fingerprint density at radius 2 is 1.30 bits per heavy atom. The first-order valence-electron chi connectivity index (χ1n) is 7.28. The molecule has 0 aliphatic rings. The molecule has 0 atom stereocenters. The SMILES string of the molecule is CCc1cccc(CC)c1-c1cc(O)c(CC)c(O)c1. The van der Waals surface area contributed by atoms with Gasteiger partial charge in [-0.15, -0.1) is 0 Å². The largest absolute Gasteiger partial charge is 0.508 e. The molecule has 2 rings (SSSR count). The maximum atomic E-state index is 10.1. The van der Waals surface area contributed by atoms with Crippen LogP contribution in [0.3, 0.4) is 0 Å². The second-order valence-corrected chi connectivity index (χ2v) is 5.00. The molecular formula is C18H22O2. The Labute approximate surface area is 120 Å². The third kappa shape index (κ3) is 2.51. The maximum Gasteiger partial charge on any atom is 0.123 e. The number of aromatic hydroxyl groups is 2. The van der Waals surface area contributed by atoms with Gasteiger partial charge in [0.05, 0.1) is 0 Å². The van der Waals surface area contributed by atoms with Crippen molar-refractivity contribution in [3.8, 4) is 22.6 Å². The van der Waals surface area contributed by atoms with Crippen molar-refractivity contribution in [2.45, 2.75) is 40.0 Å². The first kappa shape index (κ1) is 14.4. The summed E-state index contributed by atoms with van der Waals surface area (Å²) < 4.78 is 0. The van der Waals surface area contributed by atoms with Crippen LogP contribution in [0.1, 0.15) is 37.5 Å². The molecular weight excluding hydrogens is 248 g/mol. The van der Waals surface area contributed by atoms with Gasteiger partial charge in [-0.3, -0.25) is 0 Å². The van der Waals surface area contributed by atoms with Gasteiger partial charge < -0.3 is 10.2 Å². The number of hydrogen-bond donors (Lipinski definition) is 2. The lowest BCUT2D eigenvalue weighted by Gasteiger charge is -2.15. The molecule has 0 spiro atoms. The zero-order valence-electron chi connectivity index (χ0n) is 12.4. The third-order valence-corrected chi connectivity index (χ3v) is 3.84. The van der Waals surface area contributed by atoms with E-state index in [9.17, 15) is 10.2 Å². The third-order valence-electron chi connectivity index (χ3n) is 3.84. The fraction of sp³-hybridized carbons (Fsp3) is 0.333. The van der Waals surface area contributed by atoms with Gasteiger partial charge in [0.1, 0.15) is 11.5 Å². The van der Waals surface area contributed by atoms with E-state index in [1.165, 1.54) is 11.1 Å². The fourth-order valence-electron chi connectivity index (χ4n) is 2.76. The lowest BCUT2D eigenvalue weighted by atomic mass is 9.90. The zero-order chi connectivity index (χ0) is 14.7. The number of phenols is 2. The summed E-state index contributed by atoms with van der Waals surface area (Å²) in [6.45, 7) is 6.17. The molecule has 20 heavy (non-hydrogen) atoms. The molecule has 0 bridgehead atoms. The van der Waals surface area contributed by atoms with E-state index in [1.54, 1.807) is 12.1 Å². The van der Waals surface area contributed by atoms with Crippen molar-refractivity contribution in [3.63, 3.8) is 0 Å². The van der Waals surface area contributed by atoms with Crippen LogP contribution in [0.4, 0.5) is 0 Å². The van der Waals surface area contributed by atoms with Crippen LogP contribution in [0.15, 0.2) is 30.3 Å². The molecule has 0 aliphatic heterocycles. The van der Waals surface area contributed by atoms with Crippen LogP contribution in [0.25, 0.3) is 11.1 Å². The van der Waals surface area contributed by atoms with Gasteiger partial charge in [0.15, 0.2) is 0 Å². The Morgan fingerprint density at radius 1 is 0.800 bits per heavy atom. The number of phenolic OH excluding ortho intramolecular Hbond substituents is 2. The molecule has 0 amide bonds. The molecule has 106 valence electrons. The van der Waals surface area contributed by atoms with Crippen LogP contribution < -0.4 is 0 Å². The summed E-state index contributed by atoms with van der Waals surface area (Å²) >= 11 is 0. The fourth-order valence-corrected chi connectivity index (χ4v) is 2.76. The van der Waals surface area contributed by atoms with Gasteiger partial charge in [0, 0.05) is 5.56 Å². The van der Waals surface area contributed by atoms with Crippen molar-refractivity contribution in [2.75, 3.05) is 0 Å². The summed E-state index contributed by atoms with van der Waals surface area (Å²) in [6.07, 6.45) is 2.48. The van der Waals surface area contributed by atoms with Gasteiger partial charge >= 0.3 is 0 Å². The Kier molecular flexibility index (Phi) is 4.33. The standard InChI is InChI=1S/C18H22O2/c1-4-12-8-7-9-13(5-2)18(12)14-10-16(19)15(6-3)17(20)11-14/h7-11,19-20H,4-6H2,1-3H3. The predicted octanol–water partition coefficient (Wildman–Crippen LogP) is 4.45. The van der Waals surface area contributed by atoms with Gasteiger partial charge in [-0.1, -0.05) is 39.0 Å². The van der Waals surface area contributed by atoms with E-state index in [1.807, 2.05) is 6.92 Å². The van der Waals surface area contributed by atoms with E-state index in [4.69, 9.17) is 0 Å². The molecule has 0 unspecified atom stereocenters. The Hall–Kier alpha value is -1.96. The number of rotatable bonds is 4. The van der Waals surface area contributed by atoms with Crippen LogP contribution in [0, 0.1) is 0 Å². The van der Waals surface area contributed by atoms with Gasteiger partial charge in [-0.2, -0.15) is 0 Å². The second-order valence-electron chi connectivity index (χ2n) is 5.00. The van der Waals surface area contributed by atoms with Crippen LogP contribution in [-0.2, 0) is 19.3 Å². The summed E-state index contributed by atoms with van der Waals surface area (Å²) in [5.74, 6) is 0.353. The first-order chi connectivity index (χ1) is 9.62. The summed E-state index contributed by atoms with van der Waals surface area (Å²) in [7, 11) is 0. The number of aryl methyl sites for hydroxylation is 2. The van der Waals surface area contributed by atoms with Crippen molar-refractivity contribution in [2.24, 2.45) is 0 Å². The highest BCUT2D eigenvalue weighted by molar-refractivity contribution is 5.74. The van der Waals surface area contributed by atoms with Gasteiger partial charge in [-0.25, -0.2) is 0 Å². The smallest absolute Gasteiger partial charge is 0.123 e. The van der Waals surface area contributed by atoms with Gasteiger partial charge in [0.2, 0.25) is 0 Å². The average Bonchev–Trinajstić information content (AvgIpc) is 2.45. The Morgan fingerprint density at radius 3 is 1.70 bits per heavy atom. The van der Waals surface area contributed by atoms with E-state index in [-0.39, 0.29) is 11.5 Å². The molecule has 0 aromatic heterocycles. The van der Waals surface area contributed by atoms with Crippen LogP contribution in [0.5, 0.6) is 11.5 Å². The highest BCUT2D eigenvalue weighted by Gasteiger charge is 2.13. The molecule has 2 nitrogen and oxygen atoms in total. The van der Waals surface area contributed by atoms with Crippen molar-refractivity contribution in [3.05, 3.63) is 47.0 Å². The van der Waals surface area contributed by atoms with Gasteiger partial charge in [0.25, 0.3) is 0 Å². The summed E-state index contributed by atoms with van der Waals surface area (Å²) in [5.41, 5.74) is 5.14. The minimum atomic E-state index is 0.176. The van der Waals surface area contributed by atoms with Crippen molar-refractivity contribution < 1.29 is 10.2 Å². The first-order valence-corrected chi connectivity index (χ1v) is 7.28. The topological polar surface area (TPSA) is 40.5 Å². The monoisotopic (exact) mass is 270 g/mol. The van der Waals surface area contributed by atoms with Crippen LogP contribution in [-0.4, -0.2) is 10.2 Å². The Balaban J connectivity index is 2.68. The molecule has 2 aromatic rings. The quantitative estimate of drug-likeness (QED) is 0.861. The summed E-state index contributed by atoms with van der Waals surface area (Å²) in [5, 5.41) is 20.2. The highest BCUT2D eigenvalue weighted by atomic mass is 16.3. The molecule has 0 saturated heterocycles. The lowest BCUT2D eigenvalue weighted by molar-refractivity contribution is 0.440.